The standard InChI is InChI=1S/C21H31N5O4S.HI/c1-4-29-19-9-8-17(15-20(19)30-5-2)10-12-24-21(22-3)25-13-14-26-31(27,28)18-7-6-11-23-16-18;/h6-9,11,15-16,26H,4-5,10,12-14H2,1-3H3,(H2,22,24,25);1H. The fourth-order valence-electron chi connectivity index (χ4n) is 2.75. The van der Waals surface area contributed by atoms with Crippen LogP contribution in [0.25, 0.3) is 0 Å². The van der Waals surface area contributed by atoms with Crippen LogP contribution in [0, 0.1) is 0 Å². The molecule has 0 aliphatic rings. The van der Waals surface area contributed by atoms with Gasteiger partial charge in [-0.2, -0.15) is 0 Å². The highest BCUT2D eigenvalue weighted by Crippen LogP contribution is 2.28. The Kier molecular flexibility index (Phi) is 13.0. The molecule has 1 aromatic carbocycles. The van der Waals surface area contributed by atoms with Crippen LogP contribution in [0.3, 0.4) is 0 Å². The van der Waals surface area contributed by atoms with Crippen molar-refractivity contribution in [2.24, 2.45) is 4.99 Å². The molecule has 0 aliphatic carbocycles. The highest BCUT2D eigenvalue weighted by Gasteiger charge is 2.12. The van der Waals surface area contributed by atoms with Crippen molar-refractivity contribution in [1.29, 1.82) is 0 Å². The number of nitrogens with one attached hydrogen (secondary N) is 3. The maximum Gasteiger partial charge on any atom is 0.242 e. The van der Waals surface area contributed by atoms with E-state index in [4.69, 9.17) is 9.47 Å². The smallest absolute Gasteiger partial charge is 0.242 e. The van der Waals surface area contributed by atoms with Crippen LogP contribution in [0.5, 0.6) is 11.5 Å². The topological polar surface area (TPSA) is 114 Å². The summed E-state index contributed by atoms with van der Waals surface area (Å²) in [6.45, 7) is 6.29. The number of nitrogens with zero attached hydrogens (tertiary/aromatic N) is 2. The maximum atomic E-state index is 12.2. The van der Waals surface area contributed by atoms with Crippen molar-refractivity contribution in [3.8, 4) is 11.5 Å². The molecule has 1 heterocycles. The van der Waals surface area contributed by atoms with Crippen molar-refractivity contribution in [3.05, 3.63) is 48.3 Å². The molecule has 1 aromatic heterocycles. The molecule has 0 fully saturated rings. The molecule has 3 N–H and O–H groups in total. The van der Waals surface area contributed by atoms with Gasteiger partial charge in [0, 0.05) is 39.1 Å². The van der Waals surface area contributed by atoms with Crippen molar-refractivity contribution in [2.75, 3.05) is 39.9 Å². The average Bonchev–Trinajstić information content (AvgIpc) is 2.78. The summed E-state index contributed by atoms with van der Waals surface area (Å²) in [7, 11) is -1.90. The van der Waals surface area contributed by atoms with Crippen LogP contribution in [0.4, 0.5) is 0 Å². The van der Waals surface area contributed by atoms with Gasteiger partial charge in [0.05, 0.1) is 13.2 Å². The first-order valence-electron chi connectivity index (χ1n) is 10.2. The van der Waals surface area contributed by atoms with Crippen molar-refractivity contribution in [2.45, 2.75) is 25.2 Å². The number of hydrogen-bond acceptors (Lipinski definition) is 6. The molecule has 11 heteroatoms. The minimum atomic E-state index is -3.57. The third-order valence-corrected chi connectivity index (χ3v) is 5.64. The second-order valence-corrected chi connectivity index (χ2v) is 8.18. The highest BCUT2D eigenvalue weighted by molar-refractivity contribution is 14.0. The molecule has 0 amide bonds. The summed E-state index contributed by atoms with van der Waals surface area (Å²) in [6.07, 6.45) is 3.61. The summed E-state index contributed by atoms with van der Waals surface area (Å²) < 4.78 is 38.1. The van der Waals surface area contributed by atoms with Gasteiger partial charge in [-0.15, -0.1) is 24.0 Å². The lowest BCUT2D eigenvalue weighted by molar-refractivity contribution is 0.287. The molecule has 0 atom stereocenters. The number of aromatic nitrogens is 1. The predicted octanol–water partition coefficient (Wildman–Crippen LogP) is 2.18. The number of sulfonamides is 1. The second-order valence-electron chi connectivity index (χ2n) is 6.41. The van der Waals surface area contributed by atoms with E-state index in [0.717, 1.165) is 23.5 Å². The number of rotatable bonds is 12. The molecular weight excluding hydrogens is 545 g/mol. The number of aliphatic imine (C=N–C) groups is 1. The van der Waals surface area contributed by atoms with Crippen LogP contribution < -0.4 is 24.8 Å². The van der Waals surface area contributed by atoms with Crippen molar-refractivity contribution in [1.82, 2.24) is 20.3 Å². The van der Waals surface area contributed by atoms with Gasteiger partial charge in [0.25, 0.3) is 0 Å². The Morgan fingerprint density at radius 1 is 1.03 bits per heavy atom. The van der Waals surface area contributed by atoms with Crippen LogP contribution in [0.15, 0.2) is 52.6 Å². The van der Waals surface area contributed by atoms with E-state index < -0.39 is 10.0 Å². The van der Waals surface area contributed by atoms with Crippen LogP contribution in [0.1, 0.15) is 19.4 Å². The van der Waals surface area contributed by atoms with E-state index in [1.807, 2.05) is 32.0 Å². The monoisotopic (exact) mass is 577 g/mol. The van der Waals surface area contributed by atoms with Gasteiger partial charge in [-0.25, -0.2) is 13.1 Å². The van der Waals surface area contributed by atoms with E-state index in [9.17, 15) is 8.42 Å². The highest BCUT2D eigenvalue weighted by atomic mass is 127. The SMILES string of the molecule is CCOc1ccc(CCNC(=NC)NCCNS(=O)(=O)c2cccnc2)cc1OCC.I. The van der Waals surface area contributed by atoms with E-state index >= 15 is 0 Å². The van der Waals surface area contributed by atoms with Gasteiger partial charge < -0.3 is 20.1 Å². The summed E-state index contributed by atoms with van der Waals surface area (Å²) in [6, 6.07) is 9.00. The number of guanidine groups is 1. The third-order valence-electron chi connectivity index (χ3n) is 4.19. The molecule has 0 saturated heterocycles. The van der Waals surface area contributed by atoms with Crippen LogP contribution in [-0.2, 0) is 16.4 Å². The van der Waals surface area contributed by atoms with Crippen molar-refractivity contribution >= 4 is 40.0 Å². The molecule has 178 valence electrons. The van der Waals surface area contributed by atoms with Crippen molar-refractivity contribution < 1.29 is 17.9 Å². The molecular formula is C21H32IN5O4S. The van der Waals surface area contributed by atoms with Gasteiger partial charge in [0.1, 0.15) is 4.90 Å². The first-order chi connectivity index (χ1) is 15.0. The van der Waals surface area contributed by atoms with Gasteiger partial charge in [-0.3, -0.25) is 9.98 Å². The minimum absolute atomic E-state index is 0. The fourth-order valence-corrected chi connectivity index (χ4v) is 3.75. The number of ether oxygens (including phenoxy) is 2. The van der Waals surface area contributed by atoms with Gasteiger partial charge in [0.2, 0.25) is 10.0 Å². The first kappa shape index (κ1) is 27.9. The summed E-state index contributed by atoms with van der Waals surface area (Å²) in [5.41, 5.74) is 1.11. The van der Waals surface area contributed by atoms with Crippen LogP contribution in [0.2, 0.25) is 0 Å². The lowest BCUT2D eigenvalue weighted by Crippen LogP contribution is -2.42. The van der Waals surface area contributed by atoms with Gasteiger partial charge >= 0.3 is 0 Å². The predicted molar refractivity (Wildman–Crippen MR) is 137 cm³/mol. The van der Waals surface area contributed by atoms with E-state index in [2.05, 4.69) is 25.3 Å². The molecule has 0 bridgehead atoms. The fraction of sp³-hybridized carbons (Fsp3) is 0.429. The molecule has 2 rings (SSSR count). The Balaban J connectivity index is 0.00000512. The van der Waals surface area contributed by atoms with Crippen LogP contribution in [-0.4, -0.2) is 59.3 Å². The van der Waals surface area contributed by atoms with E-state index in [-0.39, 0.29) is 35.4 Å². The van der Waals surface area contributed by atoms with Gasteiger partial charge in [0.15, 0.2) is 17.5 Å². The summed E-state index contributed by atoms with van der Waals surface area (Å²) in [4.78, 5) is 8.13. The number of halogens is 1. The molecule has 9 nitrogen and oxygen atoms in total. The quantitative estimate of drug-likeness (QED) is 0.153. The maximum absolute atomic E-state index is 12.2. The summed E-state index contributed by atoms with van der Waals surface area (Å²) in [5.74, 6) is 2.08. The Hall–Kier alpha value is -2.12. The summed E-state index contributed by atoms with van der Waals surface area (Å²) in [5, 5.41) is 6.31. The zero-order valence-electron chi connectivity index (χ0n) is 18.6. The molecule has 32 heavy (non-hydrogen) atoms. The molecule has 0 radical (unpaired) electrons. The van der Waals surface area contributed by atoms with E-state index in [0.29, 0.717) is 32.3 Å². The number of hydrogen-bond donors (Lipinski definition) is 3. The Morgan fingerprint density at radius 3 is 2.41 bits per heavy atom. The normalized spacial score (nSPS) is 11.4. The molecule has 0 spiro atoms. The Labute approximate surface area is 207 Å². The van der Waals surface area contributed by atoms with Crippen molar-refractivity contribution in [3.63, 3.8) is 0 Å². The third kappa shape index (κ3) is 9.17. The van der Waals surface area contributed by atoms with Crippen LogP contribution >= 0.6 is 24.0 Å². The Morgan fingerprint density at radius 2 is 1.75 bits per heavy atom. The molecule has 0 saturated carbocycles. The van der Waals surface area contributed by atoms with Gasteiger partial charge in [-0.1, -0.05) is 6.07 Å². The number of pyridine rings is 1. The second kappa shape index (κ2) is 14.9. The largest absolute Gasteiger partial charge is 0.490 e. The molecule has 0 unspecified atom stereocenters. The Bertz CT molecular complexity index is 942. The van der Waals surface area contributed by atoms with Gasteiger partial charge in [-0.05, 0) is 50.1 Å². The molecule has 2 aromatic rings. The average molecular weight is 577 g/mol. The minimum Gasteiger partial charge on any atom is -0.490 e. The van der Waals surface area contributed by atoms with E-state index in [1.54, 1.807) is 13.1 Å². The van der Waals surface area contributed by atoms with E-state index in [1.165, 1.54) is 18.5 Å². The molecule has 0 aliphatic heterocycles. The zero-order chi connectivity index (χ0) is 22.5. The zero-order valence-corrected chi connectivity index (χ0v) is 21.8. The summed E-state index contributed by atoms with van der Waals surface area (Å²) >= 11 is 0. The lowest BCUT2D eigenvalue weighted by Gasteiger charge is -2.14. The number of benzene rings is 1. The first-order valence-corrected chi connectivity index (χ1v) is 11.7. The lowest BCUT2D eigenvalue weighted by atomic mass is 10.1.